The number of methoxy groups -OCH3 is 1. The van der Waals surface area contributed by atoms with E-state index in [0.29, 0.717) is 35.5 Å². The van der Waals surface area contributed by atoms with Gasteiger partial charge in [-0.25, -0.2) is 4.68 Å². The fraction of sp³-hybridized carbons (Fsp3) is 0.148. The van der Waals surface area contributed by atoms with Crippen LogP contribution < -0.4 is 10.5 Å². The highest BCUT2D eigenvalue weighted by Gasteiger charge is 2.36. The summed E-state index contributed by atoms with van der Waals surface area (Å²) in [6, 6.07) is 24.1. The molecule has 0 unspecified atom stereocenters. The van der Waals surface area contributed by atoms with Gasteiger partial charge < -0.3 is 15.4 Å². The van der Waals surface area contributed by atoms with Crippen LogP contribution in [0.5, 0.6) is 5.75 Å². The Morgan fingerprint density at radius 2 is 1.62 bits per heavy atom. The lowest BCUT2D eigenvalue weighted by Crippen LogP contribution is -2.51. The third-order valence-corrected chi connectivity index (χ3v) is 6.17. The molecule has 0 bridgehead atoms. The van der Waals surface area contributed by atoms with Crippen LogP contribution in [-0.4, -0.2) is 39.6 Å². The molecule has 1 atom stereocenters. The van der Waals surface area contributed by atoms with Gasteiger partial charge in [0.05, 0.1) is 18.4 Å². The molecule has 2 heterocycles. The van der Waals surface area contributed by atoms with E-state index in [2.05, 4.69) is 0 Å². The number of aromatic nitrogens is 2. The second kappa shape index (κ2) is 8.86. The molecule has 5 rings (SSSR count). The Kier molecular flexibility index (Phi) is 5.59. The van der Waals surface area contributed by atoms with E-state index < -0.39 is 11.9 Å². The first kappa shape index (κ1) is 21.5. The number of ether oxygens (including phenoxy) is 1. The molecule has 4 aromatic rings. The maximum absolute atomic E-state index is 14.0. The number of para-hydroxylation sites is 2. The molecule has 0 aliphatic carbocycles. The van der Waals surface area contributed by atoms with Crippen molar-refractivity contribution >= 4 is 11.8 Å². The highest BCUT2D eigenvalue weighted by atomic mass is 16.5. The molecule has 3 aromatic carbocycles. The van der Waals surface area contributed by atoms with Crippen LogP contribution >= 0.6 is 0 Å². The van der Waals surface area contributed by atoms with Crippen LogP contribution in [0.1, 0.15) is 21.5 Å². The lowest BCUT2D eigenvalue weighted by Gasteiger charge is -2.35. The Morgan fingerprint density at radius 1 is 0.941 bits per heavy atom. The van der Waals surface area contributed by atoms with Crippen molar-refractivity contribution in [1.82, 2.24) is 14.7 Å². The summed E-state index contributed by atoms with van der Waals surface area (Å²) >= 11 is 0. The molecule has 0 saturated carbocycles. The zero-order valence-electron chi connectivity index (χ0n) is 18.7. The van der Waals surface area contributed by atoms with Crippen LogP contribution in [0.4, 0.5) is 0 Å². The number of primary amides is 1. The minimum atomic E-state index is -0.743. The van der Waals surface area contributed by atoms with Gasteiger partial charge in [0, 0.05) is 24.7 Å². The van der Waals surface area contributed by atoms with E-state index in [4.69, 9.17) is 15.6 Å². The molecular formula is C27H24N4O3. The Morgan fingerprint density at radius 3 is 2.35 bits per heavy atom. The molecule has 0 saturated heterocycles. The molecule has 34 heavy (non-hydrogen) atoms. The zero-order valence-corrected chi connectivity index (χ0v) is 18.7. The smallest absolute Gasteiger partial charge is 0.258 e. The summed E-state index contributed by atoms with van der Waals surface area (Å²) in [5, 5.41) is 4.76. The van der Waals surface area contributed by atoms with Gasteiger partial charge in [-0.05, 0) is 35.4 Å². The topological polar surface area (TPSA) is 90.5 Å². The molecule has 0 spiro atoms. The number of carbonyl (C=O) groups is 2. The van der Waals surface area contributed by atoms with Crippen molar-refractivity contribution in [3.05, 3.63) is 102 Å². The zero-order chi connectivity index (χ0) is 23.7. The lowest BCUT2D eigenvalue weighted by molar-refractivity contribution is -0.122. The molecule has 1 aromatic heterocycles. The first-order chi connectivity index (χ1) is 16.6. The van der Waals surface area contributed by atoms with E-state index in [9.17, 15) is 9.59 Å². The first-order valence-corrected chi connectivity index (χ1v) is 11.0. The number of nitrogens with two attached hydrogens (primary N) is 1. The highest BCUT2D eigenvalue weighted by molar-refractivity contribution is 6.02. The Balaban J connectivity index is 1.64. The van der Waals surface area contributed by atoms with Gasteiger partial charge in [-0.15, -0.1) is 0 Å². The fourth-order valence-corrected chi connectivity index (χ4v) is 4.43. The number of rotatable bonds is 5. The third-order valence-electron chi connectivity index (χ3n) is 6.17. The second-order valence-electron chi connectivity index (χ2n) is 8.20. The number of carbonyl (C=O) groups excluding carboxylic acids is 2. The van der Waals surface area contributed by atoms with Gasteiger partial charge in [-0.3, -0.25) is 9.59 Å². The van der Waals surface area contributed by atoms with Crippen LogP contribution in [-0.2, 0) is 17.8 Å². The van der Waals surface area contributed by atoms with Crippen molar-refractivity contribution in [2.24, 2.45) is 5.73 Å². The first-order valence-electron chi connectivity index (χ1n) is 11.0. The Hall–Kier alpha value is -4.39. The van der Waals surface area contributed by atoms with Crippen molar-refractivity contribution < 1.29 is 14.3 Å². The number of nitrogens with zero attached hydrogens (tertiary/aromatic N) is 3. The normalized spacial score (nSPS) is 15.0. The molecule has 170 valence electrons. The summed E-state index contributed by atoms with van der Waals surface area (Å²) in [6.45, 7) is 0.296. The van der Waals surface area contributed by atoms with Crippen LogP contribution in [0.15, 0.2) is 85.1 Å². The van der Waals surface area contributed by atoms with E-state index in [0.717, 1.165) is 16.8 Å². The maximum atomic E-state index is 14.0. The van der Waals surface area contributed by atoms with E-state index in [1.807, 2.05) is 78.9 Å². The minimum Gasteiger partial charge on any atom is -0.496 e. The SMILES string of the molecule is COc1ccccc1-c1nn(-c2ccccc2)cc1C(=O)N1Cc2ccccc2C[C@H]1C(N)=O. The summed E-state index contributed by atoms with van der Waals surface area (Å²) in [4.78, 5) is 27.9. The van der Waals surface area contributed by atoms with Crippen LogP contribution in [0.3, 0.4) is 0 Å². The molecule has 0 fully saturated rings. The van der Waals surface area contributed by atoms with Gasteiger partial charge in [0.2, 0.25) is 5.91 Å². The van der Waals surface area contributed by atoms with Crippen LogP contribution in [0.2, 0.25) is 0 Å². The highest BCUT2D eigenvalue weighted by Crippen LogP contribution is 2.34. The molecule has 7 nitrogen and oxygen atoms in total. The van der Waals surface area contributed by atoms with Crippen molar-refractivity contribution in [2.45, 2.75) is 19.0 Å². The van der Waals surface area contributed by atoms with Crippen LogP contribution in [0.25, 0.3) is 16.9 Å². The largest absolute Gasteiger partial charge is 0.496 e. The van der Waals surface area contributed by atoms with Crippen molar-refractivity contribution in [2.75, 3.05) is 7.11 Å². The average molecular weight is 453 g/mol. The molecule has 1 aliphatic rings. The van der Waals surface area contributed by atoms with Crippen molar-refractivity contribution in [3.63, 3.8) is 0 Å². The minimum absolute atomic E-state index is 0.296. The summed E-state index contributed by atoms with van der Waals surface area (Å²) in [5.41, 5.74) is 10.1. The number of benzene rings is 3. The molecule has 2 amide bonds. The number of hydrogen-bond donors (Lipinski definition) is 1. The lowest BCUT2D eigenvalue weighted by atomic mass is 9.92. The molecular weight excluding hydrogens is 428 g/mol. The van der Waals surface area contributed by atoms with Crippen molar-refractivity contribution in [1.29, 1.82) is 0 Å². The van der Waals surface area contributed by atoms with Gasteiger partial charge in [0.15, 0.2) is 0 Å². The Bertz CT molecular complexity index is 1360. The fourth-order valence-electron chi connectivity index (χ4n) is 4.43. The van der Waals surface area contributed by atoms with Crippen LogP contribution in [0, 0.1) is 0 Å². The number of hydrogen-bond acceptors (Lipinski definition) is 4. The summed E-state index contributed by atoms with van der Waals surface area (Å²) in [7, 11) is 1.58. The van der Waals surface area contributed by atoms with Gasteiger partial charge in [-0.1, -0.05) is 54.6 Å². The molecule has 1 aliphatic heterocycles. The molecule has 7 heteroatoms. The standard InChI is InChI=1S/C27H24N4O3/c1-34-24-14-8-7-13-21(24)25-22(17-31(29-25)20-11-3-2-4-12-20)27(33)30-16-19-10-6-5-9-18(19)15-23(30)26(28)32/h2-14,17,23H,15-16H2,1H3,(H2,28,32)/t23-/m0/s1. The average Bonchev–Trinajstić information content (AvgIpc) is 3.33. The predicted molar refractivity (Wildman–Crippen MR) is 129 cm³/mol. The van der Waals surface area contributed by atoms with Gasteiger partial charge in [-0.2, -0.15) is 5.10 Å². The predicted octanol–water partition coefficient (Wildman–Crippen LogP) is 3.60. The second-order valence-corrected chi connectivity index (χ2v) is 8.20. The maximum Gasteiger partial charge on any atom is 0.258 e. The quantitative estimate of drug-likeness (QED) is 0.501. The summed E-state index contributed by atoms with van der Waals surface area (Å²) in [6.07, 6.45) is 2.09. The molecule has 2 N–H and O–H groups in total. The van der Waals surface area contributed by atoms with Gasteiger partial charge >= 0.3 is 0 Å². The van der Waals surface area contributed by atoms with Gasteiger partial charge in [0.1, 0.15) is 17.5 Å². The van der Waals surface area contributed by atoms with E-state index in [-0.39, 0.29) is 5.91 Å². The number of fused-ring (bicyclic) bond motifs is 1. The number of amides is 2. The molecule has 0 radical (unpaired) electrons. The monoisotopic (exact) mass is 452 g/mol. The van der Waals surface area contributed by atoms with E-state index in [1.165, 1.54) is 0 Å². The summed E-state index contributed by atoms with van der Waals surface area (Å²) < 4.78 is 7.23. The van der Waals surface area contributed by atoms with Gasteiger partial charge in [0.25, 0.3) is 5.91 Å². The Labute approximate surface area is 197 Å². The van der Waals surface area contributed by atoms with E-state index in [1.54, 1.807) is 22.9 Å². The summed E-state index contributed by atoms with van der Waals surface area (Å²) in [5.74, 6) is -0.233. The third kappa shape index (κ3) is 3.81. The van der Waals surface area contributed by atoms with Crippen molar-refractivity contribution in [3.8, 4) is 22.7 Å². The van der Waals surface area contributed by atoms with E-state index >= 15 is 0 Å².